The Kier molecular flexibility index (Phi) is 7.86. The van der Waals surface area contributed by atoms with Crippen molar-refractivity contribution in [2.45, 2.75) is 45.8 Å². The number of carbonyl (C=O) groups is 2. The van der Waals surface area contributed by atoms with E-state index < -0.39 is 0 Å². The van der Waals surface area contributed by atoms with Gasteiger partial charge in [-0.2, -0.15) is 0 Å². The van der Waals surface area contributed by atoms with Crippen LogP contribution in [-0.2, 0) is 11.3 Å². The van der Waals surface area contributed by atoms with E-state index in [0.29, 0.717) is 38.5 Å². The summed E-state index contributed by atoms with van der Waals surface area (Å²) in [6, 6.07) is 12.0. The molecular weight excluding hydrogens is 463 g/mol. The lowest BCUT2D eigenvalue weighted by Crippen LogP contribution is -2.49. The van der Waals surface area contributed by atoms with Gasteiger partial charge in [0.05, 0.1) is 6.61 Å². The standard InChI is InChI=1S/C27H35FN4O4/c1-4-35-26(34)31-14-12-30(13-15-31)23-16-21(28)17-24(18-23)36-19-20-6-8-22(9-7-20)29-25(33)32-11-5-10-27(32,2)3/h6-9,16-18H,4-5,10-15,19H2,1-3H3,(H,29,33). The van der Waals surface area contributed by atoms with Gasteiger partial charge in [-0.15, -0.1) is 0 Å². The molecule has 3 amide bonds. The van der Waals surface area contributed by atoms with Crippen LogP contribution in [-0.4, -0.2) is 66.8 Å². The number of ether oxygens (including phenoxy) is 2. The highest BCUT2D eigenvalue weighted by Crippen LogP contribution is 2.29. The molecule has 4 rings (SSSR count). The van der Waals surface area contributed by atoms with Crippen molar-refractivity contribution in [1.29, 1.82) is 0 Å². The van der Waals surface area contributed by atoms with E-state index in [0.717, 1.165) is 36.3 Å². The summed E-state index contributed by atoms with van der Waals surface area (Å²) in [4.78, 5) is 30.1. The van der Waals surface area contributed by atoms with Crippen LogP contribution in [0.25, 0.3) is 0 Å². The molecule has 36 heavy (non-hydrogen) atoms. The number of piperazine rings is 1. The first-order chi connectivity index (χ1) is 17.2. The highest BCUT2D eigenvalue weighted by Gasteiger charge is 2.35. The van der Waals surface area contributed by atoms with Crippen LogP contribution in [0.5, 0.6) is 5.75 Å². The first kappa shape index (κ1) is 25.6. The molecule has 9 heteroatoms. The summed E-state index contributed by atoms with van der Waals surface area (Å²) in [7, 11) is 0. The zero-order valence-electron chi connectivity index (χ0n) is 21.3. The lowest BCUT2D eigenvalue weighted by Gasteiger charge is -2.35. The molecule has 0 aliphatic carbocycles. The van der Waals surface area contributed by atoms with Gasteiger partial charge in [0, 0.05) is 61.8 Å². The number of likely N-dealkylation sites (tertiary alicyclic amines) is 1. The molecule has 0 spiro atoms. The van der Waals surface area contributed by atoms with E-state index in [2.05, 4.69) is 19.2 Å². The van der Waals surface area contributed by atoms with Gasteiger partial charge in [0.2, 0.25) is 0 Å². The Morgan fingerprint density at radius 3 is 2.39 bits per heavy atom. The lowest BCUT2D eigenvalue weighted by molar-refractivity contribution is 0.105. The van der Waals surface area contributed by atoms with Crippen LogP contribution in [0.3, 0.4) is 0 Å². The van der Waals surface area contributed by atoms with Gasteiger partial charge in [0.1, 0.15) is 18.2 Å². The monoisotopic (exact) mass is 498 g/mol. The summed E-state index contributed by atoms with van der Waals surface area (Å²) in [6.07, 6.45) is 1.70. The molecule has 2 aliphatic heterocycles. The second kappa shape index (κ2) is 11.1. The van der Waals surface area contributed by atoms with E-state index in [-0.39, 0.29) is 30.1 Å². The number of urea groups is 1. The van der Waals surface area contributed by atoms with Crippen molar-refractivity contribution in [2.75, 3.05) is 49.5 Å². The Morgan fingerprint density at radius 1 is 1.03 bits per heavy atom. The maximum absolute atomic E-state index is 14.3. The summed E-state index contributed by atoms with van der Waals surface area (Å²) < 4.78 is 25.3. The molecule has 2 fully saturated rings. The third kappa shape index (κ3) is 6.19. The smallest absolute Gasteiger partial charge is 0.409 e. The average Bonchev–Trinajstić information content (AvgIpc) is 3.22. The second-order valence-electron chi connectivity index (χ2n) is 9.80. The number of nitrogens with one attached hydrogen (secondary N) is 1. The Bertz CT molecular complexity index is 1070. The van der Waals surface area contributed by atoms with E-state index in [4.69, 9.17) is 9.47 Å². The largest absolute Gasteiger partial charge is 0.489 e. The van der Waals surface area contributed by atoms with Crippen LogP contribution >= 0.6 is 0 Å². The van der Waals surface area contributed by atoms with Crippen molar-refractivity contribution >= 4 is 23.5 Å². The van der Waals surface area contributed by atoms with E-state index in [1.807, 2.05) is 40.1 Å². The fourth-order valence-electron chi connectivity index (χ4n) is 4.70. The number of benzene rings is 2. The molecule has 2 aromatic rings. The Balaban J connectivity index is 1.31. The minimum atomic E-state index is -0.377. The number of hydrogen-bond acceptors (Lipinski definition) is 5. The summed E-state index contributed by atoms with van der Waals surface area (Å²) >= 11 is 0. The molecule has 0 aromatic heterocycles. The van der Waals surface area contributed by atoms with Crippen LogP contribution in [0.2, 0.25) is 0 Å². The number of amides is 3. The van der Waals surface area contributed by atoms with E-state index in [1.165, 1.54) is 12.1 Å². The number of rotatable bonds is 6. The van der Waals surface area contributed by atoms with Crippen LogP contribution in [0.4, 0.5) is 25.4 Å². The summed E-state index contributed by atoms with van der Waals surface area (Å²) in [5, 5.41) is 2.97. The van der Waals surface area contributed by atoms with Gasteiger partial charge < -0.3 is 29.5 Å². The Morgan fingerprint density at radius 2 is 1.75 bits per heavy atom. The van der Waals surface area contributed by atoms with Crippen LogP contribution in [0, 0.1) is 5.82 Å². The van der Waals surface area contributed by atoms with Gasteiger partial charge in [-0.05, 0) is 57.4 Å². The molecule has 2 saturated heterocycles. The molecule has 2 aromatic carbocycles. The zero-order chi connectivity index (χ0) is 25.7. The number of anilines is 2. The van der Waals surface area contributed by atoms with E-state index in [1.54, 1.807) is 11.8 Å². The molecule has 1 N–H and O–H groups in total. The molecule has 0 radical (unpaired) electrons. The molecule has 0 unspecified atom stereocenters. The maximum Gasteiger partial charge on any atom is 0.409 e. The molecule has 194 valence electrons. The lowest BCUT2D eigenvalue weighted by atomic mass is 10.0. The van der Waals surface area contributed by atoms with Crippen LogP contribution < -0.4 is 15.0 Å². The third-order valence-corrected chi connectivity index (χ3v) is 6.78. The number of halogens is 1. The molecule has 8 nitrogen and oxygen atoms in total. The normalized spacial score (nSPS) is 17.2. The quantitative estimate of drug-likeness (QED) is 0.601. The molecule has 0 atom stereocenters. The second-order valence-corrected chi connectivity index (χ2v) is 9.80. The first-order valence-electron chi connectivity index (χ1n) is 12.5. The topological polar surface area (TPSA) is 74.4 Å². The summed E-state index contributed by atoms with van der Waals surface area (Å²) in [6.45, 7) is 9.54. The van der Waals surface area contributed by atoms with Crippen molar-refractivity contribution in [3.8, 4) is 5.75 Å². The molecule has 0 bridgehead atoms. The van der Waals surface area contributed by atoms with Gasteiger partial charge >= 0.3 is 12.1 Å². The average molecular weight is 499 g/mol. The van der Waals surface area contributed by atoms with Crippen molar-refractivity contribution in [3.05, 3.63) is 53.8 Å². The minimum Gasteiger partial charge on any atom is -0.489 e. The molecule has 2 heterocycles. The molecular formula is C27H35FN4O4. The van der Waals surface area contributed by atoms with E-state index >= 15 is 0 Å². The number of carbonyl (C=O) groups excluding carboxylic acids is 2. The fraction of sp³-hybridized carbons (Fsp3) is 0.481. The predicted molar refractivity (Wildman–Crippen MR) is 137 cm³/mol. The van der Waals surface area contributed by atoms with Crippen molar-refractivity contribution in [2.24, 2.45) is 0 Å². The SMILES string of the molecule is CCOC(=O)N1CCN(c2cc(F)cc(OCc3ccc(NC(=O)N4CCCC4(C)C)cc3)c2)CC1. The number of hydrogen-bond donors (Lipinski definition) is 1. The van der Waals surface area contributed by atoms with Gasteiger partial charge in [0.15, 0.2) is 0 Å². The summed E-state index contributed by atoms with van der Waals surface area (Å²) in [5.74, 6) is 0.0599. The summed E-state index contributed by atoms with van der Waals surface area (Å²) in [5.41, 5.74) is 2.22. The Hall–Kier alpha value is -3.49. The zero-order valence-corrected chi connectivity index (χ0v) is 21.3. The van der Waals surface area contributed by atoms with Gasteiger partial charge in [-0.3, -0.25) is 0 Å². The Labute approximate surface area is 211 Å². The van der Waals surface area contributed by atoms with Crippen molar-refractivity contribution < 1.29 is 23.5 Å². The highest BCUT2D eigenvalue weighted by atomic mass is 19.1. The highest BCUT2D eigenvalue weighted by molar-refractivity contribution is 5.90. The predicted octanol–water partition coefficient (Wildman–Crippen LogP) is 5.09. The third-order valence-electron chi connectivity index (χ3n) is 6.78. The van der Waals surface area contributed by atoms with Crippen LogP contribution in [0.1, 0.15) is 39.2 Å². The molecule has 2 aliphatic rings. The van der Waals surface area contributed by atoms with Crippen molar-refractivity contribution in [3.63, 3.8) is 0 Å². The van der Waals surface area contributed by atoms with E-state index in [9.17, 15) is 14.0 Å². The van der Waals surface area contributed by atoms with Crippen molar-refractivity contribution in [1.82, 2.24) is 9.80 Å². The van der Waals surface area contributed by atoms with Gasteiger partial charge in [-0.25, -0.2) is 14.0 Å². The number of nitrogens with zero attached hydrogens (tertiary/aromatic N) is 3. The fourth-order valence-corrected chi connectivity index (χ4v) is 4.70. The van der Waals surface area contributed by atoms with Crippen LogP contribution in [0.15, 0.2) is 42.5 Å². The maximum atomic E-state index is 14.3. The first-order valence-corrected chi connectivity index (χ1v) is 12.5. The van der Waals surface area contributed by atoms with Gasteiger partial charge in [0.25, 0.3) is 0 Å². The minimum absolute atomic E-state index is 0.0862. The van der Waals surface area contributed by atoms with Gasteiger partial charge in [-0.1, -0.05) is 12.1 Å². The molecule has 0 saturated carbocycles.